The van der Waals surface area contributed by atoms with Crippen molar-refractivity contribution in [3.8, 4) is 5.75 Å². The van der Waals surface area contributed by atoms with Crippen LogP contribution in [0.5, 0.6) is 5.75 Å². The van der Waals surface area contributed by atoms with Crippen LogP contribution in [0.3, 0.4) is 0 Å². The van der Waals surface area contributed by atoms with E-state index in [9.17, 15) is 9.90 Å². The summed E-state index contributed by atoms with van der Waals surface area (Å²) in [6, 6.07) is 5.46. The number of likely N-dealkylation sites (N-methyl/N-ethyl adjacent to an activating group) is 1. The van der Waals surface area contributed by atoms with E-state index in [-0.39, 0.29) is 12.2 Å². The second kappa shape index (κ2) is 6.68. The number of methoxy groups -OCH3 is 1. The number of carbonyl (C=O) groups is 1. The Morgan fingerprint density at radius 2 is 2.23 bits per heavy atom. The number of ether oxygens (including phenoxy) is 1. The minimum atomic E-state index is -1.35. The molecule has 120 valence electrons. The predicted octanol–water partition coefficient (Wildman–Crippen LogP) is 0.620. The van der Waals surface area contributed by atoms with Crippen molar-refractivity contribution >= 4 is 13.1 Å². The molecule has 2 atom stereocenters. The lowest BCUT2D eigenvalue weighted by Crippen LogP contribution is -2.51. The quantitative estimate of drug-likeness (QED) is 0.551. The number of fused-ring (bicyclic) bond motifs is 1. The van der Waals surface area contributed by atoms with Crippen LogP contribution in [0.25, 0.3) is 0 Å². The van der Waals surface area contributed by atoms with E-state index in [1.54, 1.807) is 20.2 Å². The highest BCUT2D eigenvalue weighted by molar-refractivity contribution is 6.40. The molecule has 6 nitrogen and oxygen atoms in total. The maximum absolute atomic E-state index is 12.0. The minimum Gasteiger partial charge on any atom is -0.496 e. The molecular formula is C15H22BNO5. The summed E-state index contributed by atoms with van der Waals surface area (Å²) in [4.78, 5) is 12.0. The van der Waals surface area contributed by atoms with Crippen LogP contribution in [-0.2, 0) is 16.8 Å². The van der Waals surface area contributed by atoms with Crippen LogP contribution >= 0.6 is 0 Å². The van der Waals surface area contributed by atoms with Gasteiger partial charge in [0.05, 0.1) is 7.11 Å². The molecule has 22 heavy (non-hydrogen) atoms. The zero-order chi connectivity index (χ0) is 16.3. The lowest BCUT2D eigenvalue weighted by atomic mass is 9.77. The molecule has 0 amide bonds. The van der Waals surface area contributed by atoms with E-state index in [2.05, 4.69) is 5.32 Å². The van der Waals surface area contributed by atoms with Gasteiger partial charge in [-0.1, -0.05) is 18.6 Å². The van der Waals surface area contributed by atoms with E-state index < -0.39 is 18.6 Å². The van der Waals surface area contributed by atoms with Crippen molar-refractivity contribution in [1.82, 2.24) is 5.32 Å². The second-order valence-electron chi connectivity index (χ2n) is 5.66. The first-order valence-corrected chi connectivity index (χ1v) is 7.42. The first-order chi connectivity index (χ1) is 10.5. The molecule has 4 N–H and O–H groups in total. The number of carboxylic acids is 1. The highest BCUT2D eigenvalue weighted by atomic mass is 16.5. The Labute approximate surface area is 130 Å². The molecule has 7 heteroatoms. The number of hydrogen-bond acceptors (Lipinski definition) is 5. The monoisotopic (exact) mass is 307 g/mol. The van der Waals surface area contributed by atoms with Crippen molar-refractivity contribution in [1.29, 1.82) is 0 Å². The molecule has 1 aliphatic carbocycles. The molecule has 2 rings (SSSR count). The standard InChI is InChI=1S/C15H22BNO5/c1-17-15(14(18)19)10(5-4-8-16(20)21)9-11-12(15)6-3-7-13(11)22-2/h3,6-7,10,17,20-21H,4-5,8-9H2,1-2H3,(H,18,19)/t10-,15+/m0/s1. The molecular weight excluding hydrogens is 285 g/mol. The molecule has 0 heterocycles. The van der Waals surface area contributed by atoms with Crippen molar-refractivity contribution in [3.05, 3.63) is 29.3 Å². The molecule has 0 spiro atoms. The van der Waals surface area contributed by atoms with Crippen LogP contribution in [-0.4, -0.2) is 42.4 Å². The molecule has 1 aliphatic rings. The van der Waals surface area contributed by atoms with Crippen molar-refractivity contribution in [3.63, 3.8) is 0 Å². The fourth-order valence-electron chi connectivity index (χ4n) is 3.56. The topological polar surface area (TPSA) is 99.0 Å². The van der Waals surface area contributed by atoms with E-state index in [1.165, 1.54) is 0 Å². The zero-order valence-corrected chi connectivity index (χ0v) is 12.9. The van der Waals surface area contributed by atoms with Crippen LogP contribution in [0.15, 0.2) is 18.2 Å². The van der Waals surface area contributed by atoms with Gasteiger partial charge in [-0.25, -0.2) is 4.79 Å². The summed E-state index contributed by atoms with van der Waals surface area (Å²) in [5.74, 6) is -0.389. The largest absolute Gasteiger partial charge is 0.496 e. The smallest absolute Gasteiger partial charge is 0.451 e. The Morgan fingerprint density at radius 1 is 1.50 bits per heavy atom. The third kappa shape index (κ3) is 2.71. The summed E-state index contributed by atoms with van der Waals surface area (Å²) in [5.41, 5.74) is 0.484. The van der Waals surface area contributed by atoms with Gasteiger partial charge < -0.3 is 25.2 Å². The van der Waals surface area contributed by atoms with Gasteiger partial charge in [0, 0.05) is 5.56 Å². The minimum absolute atomic E-state index is 0.167. The van der Waals surface area contributed by atoms with Crippen molar-refractivity contribution < 1.29 is 24.7 Å². The maximum atomic E-state index is 12.0. The van der Waals surface area contributed by atoms with Gasteiger partial charge in [0.15, 0.2) is 0 Å². The molecule has 0 unspecified atom stereocenters. The lowest BCUT2D eigenvalue weighted by Gasteiger charge is -2.32. The number of aliphatic carboxylic acids is 1. The number of nitrogens with one attached hydrogen (secondary N) is 1. The Morgan fingerprint density at radius 3 is 2.77 bits per heavy atom. The fourth-order valence-corrected chi connectivity index (χ4v) is 3.56. The van der Waals surface area contributed by atoms with Gasteiger partial charge in [-0.05, 0) is 43.8 Å². The molecule has 0 saturated heterocycles. The Balaban J connectivity index is 2.37. The number of rotatable bonds is 7. The SMILES string of the molecule is CN[C@@]1(C(=O)O)c2cccc(OC)c2C[C@@H]1CCCB(O)O. The predicted molar refractivity (Wildman–Crippen MR) is 82.8 cm³/mol. The fraction of sp³-hybridized carbons (Fsp3) is 0.533. The van der Waals surface area contributed by atoms with E-state index in [0.29, 0.717) is 25.0 Å². The van der Waals surface area contributed by atoms with Gasteiger partial charge in [-0.3, -0.25) is 0 Å². The first-order valence-electron chi connectivity index (χ1n) is 7.42. The van der Waals surface area contributed by atoms with Crippen molar-refractivity contribution in [2.45, 2.75) is 31.1 Å². The number of benzene rings is 1. The highest BCUT2D eigenvalue weighted by Gasteiger charge is 2.52. The number of carboxylic acid groups (broad SMARTS) is 1. The molecule has 0 fully saturated rings. The molecule has 0 bridgehead atoms. The molecule has 0 radical (unpaired) electrons. The number of hydrogen-bond donors (Lipinski definition) is 4. The van der Waals surface area contributed by atoms with E-state index in [1.807, 2.05) is 12.1 Å². The third-order valence-electron chi connectivity index (χ3n) is 4.59. The van der Waals surface area contributed by atoms with Crippen LogP contribution in [0.4, 0.5) is 0 Å². The average Bonchev–Trinajstić information content (AvgIpc) is 2.81. The summed E-state index contributed by atoms with van der Waals surface area (Å²) in [6.07, 6.45) is 1.97. The Bertz CT molecular complexity index is 551. The van der Waals surface area contributed by atoms with Gasteiger partial charge in [-0.15, -0.1) is 0 Å². The van der Waals surface area contributed by atoms with Crippen LogP contribution in [0, 0.1) is 5.92 Å². The van der Waals surface area contributed by atoms with Crippen LogP contribution < -0.4 is 10.1 Å². The summed E-state index contributed by atoms with van der Waals surface area (Å²) < 4.78 is 5.36. The normalized spacial score (nSPS) is 23.2. The second-order valence-corrected chi connectivity index (χ2v) is 5.66. The van der Waals surface area contributed by atoms with Gasteiger partial charge in [0.25, 0.3) is 0 Å². The lowest BCUT2D eigenvalue weighted by molar-refractivity contribution is -0.147. The van der Waals surface area contributed by atoms with Crippen molar-refractivity contribution in [2.75, 3.05) is 14.2 Å². The maximum Gasteiger partial charge on any atom is 0.451 e. The first kappa shape index (κ1) is 16.8. The van der Waals surface area contributed by atoms with Gasteiger partial charge in [-0.2, -0.15) is 0 Å². The van der Waals surface area contributed by atoms with E-state index >= 15 is 0 Å². The average molecular weight is 307 g/mol. The van der Waals surface area contributed by atoms with E-state index in [4.69, 9.17) is 14.8 Å². The summed E-state index contributed by atoms with van der Waals surface area (Å²) in [7, 11) is 1.87. The molecule has 1 aromatic carbocycles. The Hall–Kier alpha value is -1.57. The van der Waals surface area contributed by atoms with Crippen LogP contribution in [0.2, 0.25) is 6.32 Å². The van der Waals surface area contributed by atoms with Gasteiger partial charge in [0.1, 0.15) is 11.3 Å². The molecule has 0 aliphatic heterocycles. The summed E-state index contributed by atoms with van der Waals surface area (Å²) >= 11 is 0. The Kier molecular flexibility index (Phi) is 5.10. The molecule has 1 aromatic rings. The third-order valence-corrected chi connectivity index (χ3v) is 4.59. The van der Waals surface area contributed by atoms with Gasteiger partial charge in [0.2, 0.25) is 0 Å². The molecule has 0 aromatic heterocycles. The highest BCUT2D eigenvalue weighted by Crippen LogP contribution is 2.47. The van der Waals surface area contributed by atoms with Crippen LogP contribution in [0.1, 0.15) is 24.0 Å². The summed E-state index contributed by atoms with van der Waals surface area (Å²) in [6.45, 7) is 0. The summed E-state index contributed by atoms with van der Waals surface area (Å²) in [5, 5.41) is 30.8. The van der Waals surface area contributed by atoms with E-state index in [0.717, 1.165) is 11.1 Å². The van der Waals surface area contributed by atoms with Crippen molar-refractivity contribution in [2.24, 2.45) is 5.92 Å². The molecule has 0 saturated carbocycles. The van der Waals surface area contributed by atoms with Gasteiger partial charge >= 0.3 is 13.1 Å². The zero-order valence-electron chi connectivity index (χ0n) is 12.9.